The van der Waals surface area contributed by atoms with Crippen molar-refractivity contribution in [3.63, 3.8) is 0 Å². The Labute approximate surface area is 123 Å². The molecule has 116 valence electrons. The Hall–Kier alpha value is -1.69. The minimum Gasteiger partial charge on any atom is -0.383 e. The van der Waals surface area contributed by atoms with Crippen molar-refractivity contribution in [2.45, 2.75) is 18.9 Å². The van der Waals surface area contributed by atoms with Crippen molar-refractivity contribution in [3.05, 3.63) is 29.3 Å². The van der Waals surface area contributed by atoms with Gasteiger partial charge in [0.1, 0.15) is 17.3 Å². The molecule has 0 radical (unpaired) electrons. The zero-order valence-corrected chi connectivity index (χ0v) is 12.6. The quantitative estimate of drug-likeness (QED) is 0.929. The molecule has 1 amide bonds. The van der Waals surface area contributed by atoms with Crippen LogP contribution >= 0.6 is 0 Å². The van der Waals surface area contributed by atoms with E-state index in [-0.39, 0.29) is 17.2 Å². The number of hydrogen-bond acceptors (Lipinski definition) is 3. The monoisotopic (exact) mass is 297 g/mol. The van der Waals surface area contributed by atoms with Crippen molar-refractivity contribution in [1.82, 2.24) is 9.80 Å². The number of halogens is 2. The predicted octanol–water partition coefficient (Wildman–Crippen LogP) is 2.17. The summed E-state index contributed by atoms with van der Waals surface area (Å²) < 4.78 is 27.5. The molecule has 1 N–H and O–H groups in total. The van der Waals surface area contributed by atoms with Gasteiger partial charge in [0.25, 0.3) is 5.91 Å². The highest BCUT2D eigenvalue weighted by atomic mass is 19.1. The second-order valence-electron chi connectivity index (χ2n) is 5.55. The normalized spacial score (nSPS) is 16.4. The van der Waals surface area contributed by atoms with E-state index in [0.717, 1.165) is 25.0 Å². The molecule has 1 fully saturated rings. The van der Waals surface area contributed by atoms with E-state index in [1.165, 1.54) is 7.05 Å². The van der Waals surface area contributed by atoms with Gasteiger partial charge in [-0.15, -0.1) is 0 Å². The molecular formula is C15H21F2N3O. The molecule has 1 saturated heterocycles. The van der Waals surface area contributed by atoms with Crippen LogP contribution in [-0.4, -0.2) is 56.0 Å². The zero-order chi connectivity index (χ0) is 15.6. The fraction of sp³-hybridized carbons (Fsp3) is 0.533. The van der Waals surface area contributed by atoms with Gasteiger partial charge in [0, 0.05) is 31.7 Å². The van der Waals surface area contributed by atoms with Crippen molar-refractivity contribution in [2.24, 2.45) is 0 Å². The summed E-state index contributed by atoms with van der Waals surface area (Å²) in [6.45, 7) is 1.22. The Balaban J connectivity index is 2.11. The zero-order valence-electron chi connectivity index (χ0n) is 12.6. The van der Waals surface area contributed by atoms with Gasteiger partial charge >= 0.3 is 0 Å². The van der Waals surface area contributed by atoms with Crippen LogP contribution in [0.5, 0.6) is 0 Å². The predicted molar refractivity (Wildman–Crippen MR) is 78.5 cm³/mol. The van der Waals surface area contributed by atoms with Crippen molar-refractivity contribution in [3.8, 4) is 0 Å². The van der Waals surface area contributed by atoms with E-state index in [1.807, 2.05) is 14.1 Å². The summed E-state index contributed by atoms with van der Waals surface area (Å²) in [6.07, 6.45) is 1.75. The molecule has 1 aromatic rings. The van der Waals surface area contributed by atoms with Crippen molar-refractivity contribution in [1.29, 1.82) is 0 Å². The minimum atomic E-state index is -0.746. The van der Waals surface area contributed by atoms with Crippen LogP contribution in [0.2, 0.25) is 0 Å². The van der Waals surface area contributed by atoms with Crippen LogP contribution in [0.25, 0.3) is 0 Å². The van der Waals surface area contributed by atoms with Crippen LogP contribution in [0.1, 0.15) is 23.2 Å². The summed E-state index contributed by atoms with van der Waals surface area (Å²) in [5.74, 6) is -1.80. The first-order valence-electron chi connectivity index (χ1n) is 7.06. The average Bonchev–Trinajstić information content (AvgIpc) is 2.46. The first-order valence-corrected chi connectivity index (χ1v) is 7.06. The molecule has 0 unspecified atom stereocenters. The van der Waals surface area contributed by atoms with E-state index in [0.29, 0.717) is 19.1 Å². The average molecular weight is 297 g/mol. The molecule has 4 nitrogen and oxygen atoms in total. The summed E-state index contributed by atoms with van der Waals surface area (Å²) in [5.41, 5.74) is -0.148. The number of carbonyl (C=O) groups is 1. The van der Waals surface area contributed by atoms with Crippen LogP contribution in [-0.2, 0) is 0 Å². The molecule has 2 rings (SSSR count). The molecule has 21 heavy (non-hydrogen) atoms. The maximum atomic E-state index is 13.7. The van der Waals surface area contributed by atoms with Gasteiger partial charge in [-0.2, -0.15) is 0 Å². The molecule has 0 aromatic heterocycles. The number of hydrogen-bond donors (Lipinski definition) is 1. The molecule has 1 heterocycles. The molecule has 6 heteroatoms. The second-order valence-corrected chi connectivity index (χ2v) is 5.55. The minimum absolute atomic E-state index is 0.0623. The van der Waals surface area contributed by atoms with Crippen LogP contribution in [0, 0.1) is 11.6 Å². The Bertz CT molecular complexity index is 503. The molecule has 0 saturated carbocycles. The lowest BCUT2D eigenvalue weighted by Crippen LogP contribution is -2.44. The van der Waals surface area contributed by atoms with Gasteiger partial charge in [-0.1, -0.05) is 0 Å². The number of carbonyl (C=O) groups excluding carboxylic acids is 1. The Morgan fingerprint density at radius 3 is 2.19 bits per heavy atom. The molecule has 0 aliphatic carbocycles. The molecule has 0 bridgehead atoms. The van der Waals surface area contributed by atoms with Crippen LogP contribution in [0.3, 0.4) is 0 Å². The Morgan fingerprint density at radius 1 is 1.24 bits per heavy atom. The molecule has 0 spiro atoms. The Morgan fingerprint density at radius 2 is 1.76 bits per heavy atom. The SMILES string of the molecule is CNc1c(F)cc(C(=O)N2CCC(N(C)C)CC2)cc1F. The summed E-state index contributed by atoms with van der Waals surface area (Å²) in [6, 6.07) is 2.64. The first-order chi connectivity index (χ1) is 9.93. The van der Waals surface area contributed by atoms with Gasteiger partial charge in [0.05, 0.1) is 0 Å². The smallest absolute Gasteiger partial charge is 0.254 e. The highest BCUT2D eigenvalue weighted by molar-refractivity contribution is 5.94. The van der Waals surface area contributed by atoms with E-state index < -0.39 is 11.6 Å². The van der Waals surface area contributed by atoms with Gasteiger partial charge < -0.3 is 15.1 Å². The van der Waals surface area contributed by atoms with Crippen molar-refractivity contribution in [2.75, 3.05) is 39.5 Å². The molecule has 1 aliphatic heterocycles. The summed E-state index contributed by atoms with van der Waals surface area (Å²) >= 11 is 0. The van der Waals surface area contributed by atoms with E-state index in [4.69, 9.17) is 0 Å². The molecule has 1 aromatic carbocycles. The third-order valence-corrected chi connectivity index (χ3v) is 4.02. The molecular weight excluding hydrogens is 276 g/mol. The topological polar surface area (TPSA) is 35.6 Å². The Kier molecular flexibility index (Phi) is 4.77. The van der Waals surface area contributed by atoms with Gasteiger partial charge in [-0.05, 0) is 39.1 Å². The number of piperidine rings is 1. The fourth-order valence-electron chi connectivity index (χ4n) is 2.70. The standard InChI is InChI=1S/C15H21F2N3O/c1-18-14-12(16)8-10(9-13(14)17)15(21)20-6-4-11(5-7-20)19(2)3/h8-9,11,18H,4-7H2,1-3H3. The van der Waals surface area contributed by atoms with E-state index in [1.54, 1.807) is 4.90 Å². The second kappa shape index (κ2) is 6.39. The number of benzene rings is 1. The van der Waals surface area contributed by atoms with E-state index in [9.17, 15) is 13.6 Å². The fourth-order valence-corrected chi connectivity index (χ4v) is 2.70. The highest BCUT2D eigenvalue weighted by Gasteiger charge is 2.25. The van der Waals surface area contributed by atoms with E-state index in [2.05, 4.69) is 10.2 Å². The summed E-state index contributed by atoms with van der Waals surface area (Å²) in [7, 11) is 5.47. The van der Waals surface area contributed by atoms with Gasteiger partial charge in [0.2, 0.25) is 0 Å². The highest BCUT2D eigenvalue weighted by Crippen LogP contribution is 2.22. The summed E-state index contributed by atoms with van der Waals surface area (Å²) in [4.78, 5) is 16.1. The molecule has 1 aliphatic rings. The molecule has 0 atom stereocenters. The number of nitrogens with zero attached hydrogens (tertiary/aromatic N) is 2. The first kappa shape index (κ1) is 15.7. The van der Waals surface area contributed by atoms with Crippen molar-refractivity contribution < 1.29 is 13.6 Å². The van der Waals surface area contributed by atoms with Crippen LogP contribution in [0.15, 0.2) is 12.1 Å². The van der Waals surface area contributed by atoms with Crippen LogP contribution in [0.4, 0.5) is 14.5 Å². The lowest BCUT2D eigenvalue weighted by atomic mass is 10.0. The maximum Gasteiger partial charge on any atom is 0.254 e. The van der Waals surface area contributed by atoms with Gasteiger partial charge in [0.15, 0.2) is 0 Å². The maximum absolute atomic E-state index is 13.7. The van der Waals surface area contributed by atoms with E-state index >= 15 is 0 Å². The number of anilines is 1. The number of nitrogens with one attached hydrogen (secondary N) is 1. The van der Waals surface area contributed by atoms with Gasteiger partial charge in [-0.25, -0.2) is 8.78 Å². The largest absolute Gasteiger partial charge is 0.383 e. The van der Waals surface area contributed by atoms with Crippen LogP contribution < -0.4 is 5.32 Å². The van der Waals surface area contributed by atoms with Gasteiger partial charge in [-0.3, -0.25) is 4.79 Å². The number of amides is 1. The lowest BCUT2D eigenvalue weighted by Gasteiger charge is -2.35. The summed E-state index contributed by atoms with van der Waals surface area (Å²) in [5, 5.41) is 2.45. The number of likely N-dealkylation sites (tertiary alicyclic amines) is 1. The van der Waals surface area contributed by atoms with Crippen molar-refractivity contribution >= 4 is 11.6 Å². The lowest BCUT2D eigenvalue weighted by molar-refractivity contribution is 0.0662. The third-order valence-electron chi connectivity index (χ3n) is 4.02. The third kappa shape index (κ3) is 3.32. The number of rotatable bonds is 3.